The van der Waals surface area contributed by atoms with Crippen LogP contribution in [0.4, 0.5) is 11.5 Å². The van der Waals surface area contributed by atoms with Crippen molar-refractivity contribution in [1.82, 2.24) is 9.97 Å². The first-order valence-electron chi connectivity index (χ1n) is 5.23. The summed E-state index contributed by atoms with van der Waals surface area (Å²) in [4.78, 5) is 8.24. The molecule has 0 aliphatic carbocycles. The van der Waals surface area contributed by atoms with Crippen LogP contribution in [0.3, 0.4) is 0 Å². The highest BCUT2D eigenvalue weighted by molar-refractivity contribution is 7.98. The van der Waals surface area contributed by atoms with Gasteiger partial charge in [-0.1, -0.05) is 30.3 Å². The predicted octanol–water partition coefficient (Wildman–Crippen LogP) is 2.39. The summed E-state index contributed by atoms with van der Waals surface area (Å²) in [5.41, 5.74) is 7.75. The molecule has 3 N–H and O–H groups in total. The van der Waals surface area contributed by atoms with E-state index < -0.39 is 0 Å². The zero-order valence-electron chi connectivity index (χ0n) is 9.55. The fourth-order valence-electron chi connectivity index (χ4n) is 1.46. The van der Waals surface area contributed by atoms with E-state index >= 15 is 0 Å². The number of nitrogens with zero attached hydrogens (tertiary/aromatic N) is 2. The molecule has 4 nitrogen and oxygen atoms in total. The van der Waals surface area contributed by atoms with Crippen molar-refractivity contribution in [2.45, 2.75) is 11.6 Å². The molecule has 2 rings (SSSR count). The van der Waals surface area contributed by atoms with Crippen LogP contribution in [0.25, 0.3) is 0 Å². The van der Waals surface area contributed by atoms with Crippen molar-refractivity contribution in [1.29, 1.82) is 0 Å². The van der Waals surface area contributed by atoms with Crippen molar-refractivity contribution < 1.29 is 0 Å². The van der Waals surface area contributed by atoms with Gasteiger partial charge in [-0.05, 0) is 11.8 Å². The van der Waals surface area contributed by atoms with Gasteiger partial charge >= 0.3 is 0 Å². The number of thioether (sulfide) groups is 1. The topological polar surface area (TPSA) is 63.8 Å². The number of aromatic nitrogens is 2. The predicted molar refractivity (Wildman–Crippen MR) is 72.0 cm³/mol. The second-order valence-corrected chi connectivity index (χ2v) is 4.28. The van der Waals surface area contributed by atoms with Crippen LogP contribution in [0.5, 0.6) is 0 Å². The highest BCUT2D eigenvalue weighted by Crippen LogP contribution is 2.25. The van der Waals surface area contributed by atoms with Gasteiger partial charge in [-0.2, -0.15) is 0 Å². The number of nitrogens with one attached hydrogen (secondary N) is 1. The van der Waals surface area contributed by atoms with E-state index in [1.165, 1.54) is 23.7 Å². The zero-order valence-corrected chi connectivity index (χ0v) is 10.4. The number of benzene rings is 1. The van der Waals surface area contributed by atoms with Crippen LogP contribution >= 0.6 is 11.8 Å². The maximum Gasteiger partial charge on any atom is 0.154 e. The van der Waals surface area contributed by atoms with Crippen LogP contribution in [-0.2, 0) is 6.54 Å². The molecule has 0 bridgehead atoms. The van der Waals surface area contributed by atoms with Gasteiger partial charge in [0.15, 0.2) is 5.82 Å². The summed E-state index contributed by atoms with van der Waals surface area (Å²) in [6, 6.07) is 10.1. The zero-order chi connectivity index (χ0) is 12.1. The molecule has 0 fully saturated rings. The Kier molecular flexibility index (Phi) is 3.82. The highest BCUT2D eigenvalue weighted by Gasteiger charge is 2.06. The Balaban J connectivity index is 2.09. The summed E-state index contributed by atoms with van der Waals surface area (Å²) < 4.78 is 0. The molecule has 2 aromatic rings. The highest BCUT2D eigenvalue weighted by atomic mass is 32.2. The molecule has 1 heterocycles. The lowest BCUT2D eigenvalue weighted by Crippen LogP contribution is -2.06. The van der Waals surface area contributed by atoms with Crippen molar-refractivity contribution in [2.24, 2.45) is 0 Å². The lowest BCUT2D eigenvalue weighted by molar-refractivity contribution is 1.03. The minimum Gasteiger partial charge on any atom is -0.394 e. The fourth-order valence-corrected chi connectivity index (χ4v) is 1.93. The molecule has 0 aliphatic heterocycles. The molecule has 0 saturated heterocycles. The number of hydrogen-bond acceptors (Lipinski definition) is 5. The van der Waals surface area contributed by atoms with Crippen molar-refractivity contribution >= 4 is 23.3 Å². The van der Waals surface area contributed by atoms with Gasteiger partial charge in [-0.3, -0.25) is 0 Å². The summed E-state index contributed by atoms with van der Waals surface area (Å²) in [6.45, 7) is 0.704. The van der Waals surface area contributed by atoms with Gasteiger partial charge in [0.2, 0.25) is 0 Å². The van der Waals surface area contributed by atoms with Gasteiger partial charge in [0, 0.05) is 6.54 Å². The van der Waals surface area contributed by atoms with Crippen LogP contribution in [0.15, 0.2) is 41.7 Å². The van der Waals surface area contributed by atoms with Crippen LogP contribution in [0.1, 0.15) is 5.56 Å². The molecular weight excluding hydrogens is 232 g/mol. The first-order valence-corrected chi connectivity index (χ1v) is 6.46. The molecule has 17 heavy (non-hydrogen) atoms. The number of anilines is 2. The Morgan fingerprint density at radius 3 is 2.71 bits per heavy atom. The molecule has 0 spiro atoms. The van der Waals surface area contributed by atoms with Crippen LogP contribution in [0.2, 0.25) is 0 Å². The third kappa shape index (κ3) is 2.88. The Labute approximate surface area is 105 Å². The number of nitrogen functional groups attached to an aromatic ring is 1. The average molecular weight is 246 g/mol. The van der Waals surface area contributed by atoms with Gasteiger partial charge in [-0.15, -0.1) is 11.8 Å². The maximum atomic E-state index is 5.95. The van der Waals surface area contributed by atoms with Crippen LogP contribution < -0.4 is 11.1 Å². The van der Waals surface area contributed by atoms with Crippen molar-refractivity contribution in [2.75, 3.05) is 17.3 Å². The van der Waals surface area contributed by atoms with Gasteiger partial charge in [0.05, 0.1) is 0 Å². The smallest absolute Gasteiger partial charge is 0.154 e. The summed E-state index contributed by atoms with van der Waals surface area (Å²) in [7, 11) is 0. The van der Waals surface area contributed by atoms with Crippen LogP contribution in [0, 0.1) is 0 Å². The molecule has 88 valence electrons. The lowest BCUT2D eigenvalue weighted by atomic mass is 10.2. The molecule has 0 aliphatic rings. The maximum absolute atomic E-state index is 5.95. The molecule has 0 radical (unpaired) electrons. The normalized spacial score (nSPS) is 10.2. The number of rotatable bonds is 4. The lowest BCUT2D eigenvalue weighted by Gasteiger charge is -2.09. The van der Waals surface area contributed by atoms with E-state index in [2.05, 4.69) is 27.4 Å². The Hall–Kier alpha value is -1.75. The van der Waals surface area contributed by atoms with Crippen molar-refractivity contribution in [3.8, 4) is 0 Å². The molecule has 0 atom stereocenters. The van der Waals surface area contributed by atoms with E-state index in [-0.39, 0.29) is 0 Å². The standard InChI is InChI=1S/C12H14N4S/c1-17-12-10(13)11(15-8-16-12)14-7-9-5-3-2-4-6-9/h2-6,8H,7,13H2,1H3,(H,14,15,16). The van der Waals surface area contributed by atoms with Crippen LogP contribution in [-0.4, -0.2) is 16.2 Å². The number of nitrogens with two attached hydrogens (primary N) is 1. The van der Waals surface area contributed by atoms with E-state index in [4.69, 9.17) is 5.73 Å². The molecular formula is C12H14N4S. The summed E-state index contributed by atoms with van der Waals surface area (Å²) in [5, 5.41) is 4.02. The molecule has 0 saturated carbocycles. The quantitative estimate of drug-likeness (QED) is 0.640. The third-order valence-electron chi connectivity index (χ3n) is 2.34. The largest absolute Gasteiger partial charge is 0.394 e. The van der Waals surface area contributed by atoms with E-state index in [1.54, 1.807) is 0 Å². The van der Waals surface area contributed by atoms with Gasteiger partial charge in [0.25, 0.3) is 0 Å². The Morgan fingerprint density at radius 2 is 2.00 bits per heavy atom. The second kappa shape index (κ2) is 5.54. The Bertz CT molecular complexity index is 487. The van der Waals surface area contributed by atoms with E-state index in [0.29, 0.717) is 18.1 Å². The Morgan fingerprint density at radius 1 is 1.24 bits per heavy atom. The summed E-state index contributed by atoms with van der Waals surface area (Å²) in [6.07, 6.45) is 3.47. The SMILES string of the molecule is CSc1ncnc(NCc2ccccc2)c1N. The molecule has 0 unspecified atom stereocenters. The van der Waals surface area contributed by atoms with E-state index in [1.807, 2.05) is 24.5 Å². The fraction of sp³-hybridized carbons (Fsp3) is 0.167. The van der Waals surface area contributed by atoms with Gasteiger partial charge < -0.3 is 11.1 Å². The minimum absolute atomic E-state index is 0.607. The first kappa shape index (κ1) is 11.7. The summed E-state index contributed by atoms with van der Waals surface area (Å²) in [5.74, 6) is 0.688. The molecule has 0 amide bonds. The minimum atomic E-state index is 0.607. The first-order chi connectivity index (χ1) is 8.31. The van der Waals surface area contributed by atoms with Crippen molar-refractivity contribution in [3.63, 3.8) is 0 Å². The van der Waals surface area contributed by atoms with Crippen molar-refractivity contribution in [3.05, 3.63) is 42.2 Å². The molecule has 5 heteroatoms. The second-order valence-electron chi connectivity index (χ2n) is 3.48. The summed E-state index contributed by atoms with van der Waals surface area (Å²) >= 11 is 1.52. The van der Waals surface area contributed by atoms with Gasteiger partial charge in [0.1, 0.15) is 17.0 Å². The number of hydrogen-bond donors (Lipinski definition) is 2. The average Bonchev–Trinajstić information content (AvgIpc) is 2.39. The van der Waals surface area contributed by atoms with Gasteiger partial charge in [-0.25, -0.2) is 9.97 Å². The molecule has 1 aromatic heterocycles. The van der Waals surface area contributed by atoms with E-state index in [9.17, 15) is 0 Å². The monoisotopic (exact) mass is 246 g/mol. The third-order valence-corrected chi connectivity index (χ3v) is 3.06. The molecule has 1 aromatic carbocycles. The van der Waals surface area contributed by atoms with E-state index in [0.717, 1.165) is 5.03 Å².